The molecule has 1 aromatic carbocycles. The Morgan fingerprint density at radius 1 is 1.27 bits per heavy atom. The first kappa shape index (κ1) is 17.6. The highest BCUT2D eigenvalue weighted by Gasteiger charge is 2.33. The molecule has 2 saturated carbocycles. The van der Waals surface area contributed by atoms with Gasteiger partial charge in [-0.3, -0.25) is 14.2 Å². The summed E-state index contributed by atoms with van der Waals surface area (Å²) in [5.74, 6) is 0.977. The molecule has 1 amide bonds. The lowest BCUT2D eigenvalue weighted by Crippen LogP contribution is -2.37. The monoisotopic (exact) mass is 371 g/mol. The van der Waals surface area contributed by atoms with Crippen LogP contribution in [0.2, 0.25) is 0 Å². The van der Waals surface area contributed by atoms with Crippen LogP contribution in [0.15, 0.2) is 34.2 Å². The molecule has 1 heterocycles. The van der Waals surface area contributed by atoms with E-state index in [1.54, 1.807) is 0 Å². The van der Waals surface area contributed by atoms with Crippen molar-refractivity contribution < 1.29 is 4.79 Å². The number of benzene rings is 1. The van der Waals surface area contributed by atoms with Crippen molar-refractivity contribution in [3.63, 3.8) is 0 Å². The summed E-state index contributed by atoms with van der Waals surface area (Å²) in [5.41, 5.74) is 0.736. The predicted octanol–water partition coefficient (Wildman–Crippen LogP) is 3.47. The number of aromatic nitrogens is 2. The third kappa shape index (κ3) is 3.65. The Morgan fingerprint density at radius 2 is 2.00 bits per heavy atom. The summed E-state index contributed by atoms with van der Waals surface area (Å²) in [7, 11) is 0. The molecular formula is C20H25N3O2S. The van der Waals surface area contributed by atoms with Gasteiger partial charge in [-0.2, -0.15) is 0 Å². The maximum atomic E-state index is 12.9. The molecule has 0 bridgehead atoms. The maximum Gasteiger partial charge on any atom is 0.262 e. The Bertz CT molecular complexity index is 884. The second-order valence-electron chi connectivity index (χ2n) is 7.78. The second kappa shape index (κ2) is 7.06. The molecular weight excluding hydrogens is 346 g/mol. The fourth-order valence-electron chi connectivity index (χ4n) is 3.33. The van der Waals surface area contributed by atoms with E-state index in [4.69, 9.17) is 4.98 Å². The van der Waals surface area contributed by atoms with Crippen LogP contribution in [0, 0.1) is 5.92 Å². The van der Waals surface area contributed by atoms with Crippen molar-refractivity contribution in [1.82, 2.24) is 14.5 Å². The minimum absolute atomic E-state index is 0.0225. The van der Waals surface area contributed by atoms with E-state index >= 15 is 0 Å². The Balaban J connectivity index is 1.57. The minimum Gasteiger partial charge on any atom is -0.339 e. The first-order valence-corrected chi connectivity index (χ1v) is 10.5. The Labute approximate surface area is 157 Å². The number of nitrogens with zero attached hydrogens (tertiary/aromatic N) is 3. The van der Waals surface area contributed by atoms with E-state index in [1.807, 2.05) is 33.7 Å². The summed E-state index contributed by atoms with van der Waals surface area (Å²) in [5, 5.41) is 1.35. The molecule has 138 valence electrons. The number of amides is 1. The molecule has 0 atom stereocenters. The van der Waals surface area contributed by atoms with Crippen molar-refractivity contribution in [2.75, 3.05) is 12.3 Å². The van der Waals surface area contributed by atoms with Crippen molar-refractivity contribution in [3.05, 3.63) is 34.6 Å². The van der Waals surface area contributed by atoms with Crippen molar-refractivity contribution in [3.8, 4) is 0 Å². The van der Waals surface area contributed by atoms with Gasteiger partial charge in [0.1, 0.15) is 0 Å². The van der Waals surface area contributed by atoms with Gasteiger partial charge in [0.05, 0.1) is 16.7 Å². The van der Waals surface area contributed by atoms with Gasteiger partial charge in [-0.25, -0.2) is 4.98 Å². The number of carbonyl (C=O) groups is 1. The fourth-order valence-corrected chi connectivity index (χ4v) is 4.28. The zero-order chi connectivity index (χ0) is 18.3. The number of rotatable bonds is 7. The number of carbonyl (C=O) groups excluding carboxylic acids is 1. The summed E-state index contributed by atoms with van der Waals surface area (Å²) >= 11 is 1.41. The van der Waals surface area contributed by atoms with Gasteiger partial charge in [-0.1, -0.05) is 37.7 Å². The third-order valence-corrected chi connectivity index (χ3v) is 5.82. The van der Waals surface area contributed by atoms with Crippen LogP contribution >= 0.6 is 11.8 Å². The standard InChI is InChI=1S/C20H25N3O2S/c1-13(2)11-22(14-7-8-14)18(24)12-26-20-21-17-6-4-3-5-16(17)19(25)23(20)15-9-10-15/h3-6,13-15H,7-12H2,1-2H3. The van der Waals surface area contributed by atoms with Gasteiger partial charge in [0.15, 0.2) is 5.16 Å². The molecule has 0 saturated heterocycles. The highest BCUT2D eigenvalue weighted by molar-refractivity contribution is 7.99. The van der Waals surface area contributed by atoms with E-state index in [-0.39, 0.29) is 17.5 Å². The average Bonchev–Trinajstić information content (AvgIpc) is 3.51. The van der Waals surface area contributed by atoms with Crippen molar-refractivity contribution >= 4 is 28.6 Å². The summed E-state index contributed by atoms with van der Waals surface area (Å²) in [6, 6.07) is 8.13. The molecule has 2 aliphatic rings. The molecule has 26 heavy (non-hydrogen) atoms. The van der Waals surface area contributed by atoms with Crippen LogP contribution in [0.3, 0.4) is 0 Å². The molecule has 0 aliphatic heterocycles. The smallest absolute Gasteiger partial charge is 0.262 e. The van der Waals surface area contributed by atoms with E-state index in [9.17, 15) is 9.59 Å². The minimum atomic E-state index is 0.0225. The summed E-state index contributed by atoms with van der Waals surface area (Å²) in [6.07, 6.45) is 4.26. The van der Waals surface area contributed by atoms with Crippen LogP contribution in [0.25, 0.3) is 10.9 Å². The van der Waals surface area contributed by atoms with Gasteiger partial charge in [0.25, 0.3) is 5.56 Å². The van der Waals surface area contributed by atoms with E-state index in [2.05, 4.69) is 13.8 Å². The summed E-state index contributed by atoms with van der Waals surface area (Å²) in [6.45, 7) is 5.10. The van der Waals surface area contributed by atoms with Gasteiger partial charge in [-0.05, 0) is 43.7 Å². The lowest BCUT2D eigenvalue weighted by molar-refractivity contribution is -0.129. The number of thioether (sulfide) groups is 1. The third-order valence-electron chi connectivity index (χ3n) is 4.88. The van der Waals surface area contributed by atoms with Crippen molar-refractivity contribution in [2.45, 2.75) is 56.8 Å². The van der Waals surface area contributed by atoms with Crippen LogP contribution in [-0.4, -0.2) is 38.7 Å². The van der Waals surface area contributed by atoms with Crippen LogP contribution < -0.4 is 5.56 Å². The number of hydrogen-bond donors (Lipinski definition) is 0. The summed E-state index contributed by atoms with van der Waals surface area (Å²) < 4.78 is 1.81. The molecule has 0 spiro atoms. The Hall–Kier alpha value is -1.82. The normalized spacial score (nSPS) is 17.0. The predicted molar refractivity (Wildman–Crippen MR) is 105 cm³/mol. The highest BCUT2D eigenvalue weighted by atomic mass is 32.2. The highest BCUT2D eigenvalue weighted by Crippen LogP contribution is 2.37. The van der Waals surface area contributed by atoms with Crippen LogP contribution in [-0.2, 0) is 4.79 Å². The molecule has 2 aliphatic carbocycles. The SMILES string of the molecule is CC(C)CN(C(=O)CSc1nc2ccccc2c(=O)n1C1CC1)C1CC1. The molecule has 0 N–H and O–H groups in total. The number of hydrogen-bond acceptors (Lipinski definition) is 4. The molecule has 0 radical (unpaired) electrons. The van der Waals surface area contributed by atoms with Gasteiger partial charge in [-0.15, -0.1) is 0 Å². The molecule has 0 unspecified atom stereocenters. The largest absolute Gasteiger partial charge is 0.339 e. The van der Waals surface area contributed by atoms with Crippen LogP contribution in [0.4, 0.5) is 0 Å². The van der Waals surface area contributed by atoms with Gasteiger partial charge < -0.3 is 4.90 Å². The average molecular weight is 372 g/mol. The lowest BCUT2D eigenvalue weighted by Gasteiger charge is -2.24. The first-order chi connectivity index (χ1) is 12.5. The first-order valence-electron chi connectivity index (χ1n) is 9.48. The van der Waals surface area contributed by atoms with E-state index in [0.717, 1.165) is 32.2 Å². The van der Waals surface area contributed by atoms with Crippen LogP contribution in [0.5, 0.6) is 0 Å². The lowest BCUT2D eigenvalue weighted by atomic mass is 10.2. The molecule has 2 fully saturated rings. The van der Waals surface area contributed by atoms with E-state index < -0.39 is 0 Å². The quantitative estimate of drug-likeness (QED) is 0.552. The molecule has 4 rings (SSSR count). The second-order valence-corrected chi connectivity index (χ2v) is 8.72. The zero-order valence-electron chi connectivity index (χ0n) is 15.4. The van der Waals surface area contributed by atoms with E-state index in [1.165, 1.54) is 11.8 Å². The number of fused-ring (bicyclic) bond motifs is 1. The fraction of sp³-hybridized carbons (Fsp3) is 0.550. The molecule has 1 aromatic heterocycles. The number of para-hydroxylation sites is 1. The summed E-state index contributed by atoms with van der Waals surface area (Å²) in [4.78, 5) is 32.4. The zero-order valence-corrected chi connectivity index (χ0v) is 16.2. The Morgan fingerprint density at radius 3 is 2.65 bits per heavy atom. The van der Waals surface area contributed by atoms with E-state index in [0.29, 0.717) is 33.8 Å². The molecule has 2 aromatic rings. The van der Waals surface area contributed by atoms with Gasteiger partial charge in [0.2, 0.25) is 5.91 Å². The topological polar surface area (TPSA) is 55.2 Å². The molecule has 5 nitrogen and oxygen atoms in total. The van der Waals surface area contributed by atoms with Crippen molar-refractivity contribution in [1.29, 1.82) is 0 Å². The molecule has 6 heteroatoms. The van der Waals surface area contributed by atoms with Gasteiger partial charge in [0, 0.05) is 18.6 Å². The van der Waals surface area contributed by atoms with Gasteiger partial charge >= 0.3 is 0 Å². The Kier molecular flexibility index (Phi) is 4.78. The van der Waals surface area contributed by atoms with Crippen molar-refractivity contribution in [2.24, 2.45) is 5.92 Å². The van der Waals surface area contributed by atoms with Crippen LogP contribution in [0.1, 0.15) is 45.6 Å². The maximum absolute atomic E-state index is 12.9.